The third kappa shape index (κ3) is 4.88. The van der Waals surface area contributed by atoms with Gasteiger partial charge in [-0.2, -0.15) is 5.10 Å². The molecule has 6 heteroatoms. The van der Waals surface area contributed by atoms with E-state index in [9.17, 15) is 4.79 Å². The molecule has 0 aliphatic carbocycles. The average Bonchev–Trinajstić information content (AvgIpc) is 3.10. The molecule has 0 aliphatic heterocycles. The number of anilines is 1. The minimum atomic E-state index is -0.242. The first-order valence-electron chi connectivity index (χ1n) is 9.01. The van der Waals surface area contributed by atoms with Gasteiger partial charge in [0.15, 0.2) is 0 Å². The number of amides is 2. The van der Waals surface area contributed by atoms with Gasteiger partial charge in [0.05, 0.1) is 18.0 Å². The van der Waals surface area contributed by atoms with Gasteiger partial charge in [0.2, 0.25) is 0 Å². The number of ether oxygens (including phenoxy) is 1. The van der Waals surface area contributed by atoms with E-state index in [0.717, 1.165) is 23.2 Å². The lowest BCUT2D eigenvalue weighted by molar-refractivity contribution is 0.252. The number of hydrogen-bond donors (Lipinski definition) is 2. The highest BCUT2D eigenvalue weighted by molar-refractivity contribution is 5.90. The largest absolute Gasteiger partial charge is 0.492 e. The van der Waals surface area contributed by atoms with Crippen LogP contribution in [-0.2, 0) is 13.5 Å². The molecule has 3 aromatic rings. The Morgan fingerprint density at radius 3 is 2.59 bits per heavy atom. The number of para-hydroxylation sites is 2. The number of benzene rings is 2. The summed E-state index contributed by atoms with van der Waals surface area (Å²) in [6.07, 6.45) is 2.54. The number of urea groups is 1. The normalized spacial score (nSPS) is 10.4. The molecule has 1 aromatic heterocycles. The summed E-state index contributed by atoms with van der Waals surface area (Å²) in [6, 6.07) is 17.4. The van der Waals surface area contributed by atoms with E-state index in [-0.39, 0.29) is 6.03 Å². The Labute approximate surface area is 159 Å². The predicted octanol–water partition coefficient (Wildman–Crippen LogP) is 3.85. The van der Waals surface area contributed by atoms with Gasteiger partial charge in [0, 0.05) is 19.8 Å². The van der Waals surface area contributed by atoms with Crippen LogP contribution in [0.3, 0.4) is 0 Å². The fraction of sp³-hybridized carbons (Fsp3) is 0.238. The first-order chi connectivity index (χ1) is 13.2. The first-order valence-corrected chi connectivity index (χ1v) is 9.01. The molecule has 0 bridgehead atoms. The maximum Gasteiger partial charge on any atom is 0.319 e. The van der Waals surface area contributed by atoms with Gasteiger partial charge in [-0.1, -0.05) is 36.4 Å². The van der Waals surface area contributed by atoms with Crippen molar-refractivity contribution in [3.8, 4) is 17.0 Å². The van der Waals surface area contributed by atoms with E-state index in [4.69, 9.17) is 4.74 Å². The highest BCUT2D eigenvalue weighted by Gasteiger charge is 2.07. The molecule has 3 rings (SSSR count). The van der Waals surface area contributed by atoms with Gasteiger partial charge in [-0.05, 0) is 42.7 Å². The van der Waals surface area contributed by atoms with Crippen LogP contribution in [0.5, 0.6) is 5.75 Å². The average molecular weight is 364 g/mol. The van der Waals surface area contributed by atoms with Crippen molar-refractivity contribution in [3.05, 3.63) is 66.4 Å². The van der Waals surface area contributed by atoms with Crippen LogP contribution in [0.25, 0.3) is 11.3 Å². The summed E-state index contributed by atoms with van der Waals surface area (Å²) in [5, 5.41) is 9.90. The molecule has 6 nitrogen and oxygen atoms in total. The molecule has 0 fully saturated rings. The Kier molecular flexibility index (Phi) is 6.10. The van der Waals surface area contributed by atoms with E-state index >= 15 is 0 Å². The molecule has 27 heavy (non-hydrogen) atoms. The van der Waals surface area contributed by atoms with Crippen LogP contribution in [0.1, 0.15) is 12.5 Å². The summed E-state index contributed by atoms with van der Waals surface area (Å²) < 4.78 is 7.36. The van der Waals surface area contributed by atoms with Crippen molar-refractivity contribution >= 4 is 11.7 Å². The van der Waals surface area contributed by atoms with Crippen molar-refractivity contribution in [2.75, 3.05) is 18.5 Å². The lowest BCUT2D eigenvalue weighted by Gasteiger charge is -2.12. The van der Waals surface area contributed by atoms with Crippen molar-refractivity contribution in [1.29, 1.82) is 0 Å². The maximum absolute atomic E-state index is 12.1. The van der Waals surface area contributed by atoms with Crippen molar-refractivity contribution < 1.29 is 9.53 Å². The molecule has 0 radical (unpaired) electrons. The zero-order valence-corrected chi connectivity index (χ0v) is 15.6. The van der Waals surface area contributed by atoms with Gasteiger partial charge in [0.25, 0.3) is 0 Å². The number of aromatic nitrogens is 2. The molecule has 0 saturated carbocycles. The van der Waals surface area contributed by atoms with Crippen molar-refractivity contribution in [2.24, 2.45) is 7.05 Å². The van der Waals surface area contributed by atoms with Gasteiger partial charge in [-0.15, -0.1) is 0 Å². The van der Waals surface area contributed by atoms with Crippen LogP contribution in [0.2, 0.25) is 0 Å². The lowest BCUT2D eigenvalue weighted by Crippen LogP contribution is -2.30. The van der Waals surface area contributed by atoms with E-state index in [1.807, 2.05) is 49.0 Å². The van der Waals surface area contributed by atoms with E-state index in [1.54, 1.807) is 6.20 Å². The van der Waals surface area contributed by atoms with Crippen molar-refractivity contribution in [3.63, 3.8) is 0 Å². The van der Waals surface area contributed by atoms with Crippen LogP contribution < -0.4 is 15.4 Å². The van der Waals surface area contributed by atoms with E-state index in [1.165, 1.54) is 0 Å². The molecule has 2 N–H and O–H groups in total. The highest BCUT2D eigenvalue weighted by atomic mass is 16.5. The Hall–Kier alpha value is -3.28. The summed E-state index contributed by atoms with van der Waals surface area (Å²) in [4.78, 5) is 12.1. The van der Waals surface area contributed by atoms with Crippen LogP contribution in [0.4, 0.5) is 10.5 Å². The van der Waals surface area contributed by atoms with Gasteiger partial charge in [0.1, 0.15) is 5.75 Å². The summed E-state index contributed by atoms with van der Waals surface area (Å²) in [5.41, 5.74) is 4.03. The number of hydrogen-bond acceptors (Lipinski definition) is 3. The zero-order chi connectivity index (χ0) is 19.1. The standard InChI is InChI=1S/C21H24N4O2/c1-3-27-20-7-5-4-6-18(20)24-21(26)22-14-12-16-8-10-17(11-9-16)19-13-15-23-25(19)2/h4-11,13,15H,3,12,14H2,1-2H3,(H2,22,24,26). The number of nitrogens with one attached hydrogen (secondary N) is 2. The topological polar surface area (TPSA) is 68.2 Å². The lowest BCUT2D eigenvalue weighted by atomic mass is 10.1. The molecule has 1 heterocycles. The SMILES string of the molecule is CCOc1ccccc1NC(=O)NCCc1ccc(-c2ccnn2C)cc1. The molecule has 140 valence electrons. The van der Waals surface area contributed by atoms with Gasteiger partial charge in [-0.3, -0.25) is 4.68 Å². The molecule has 2 aromatic carbocycles. The van der Waals surface area contributed by atoms with E-state index in [2.05, 4.69) is 40.0 Å². The fourth-order valence-corrected chi connectivity index (χ4v) is 2.84. The van der Waals surface area contributed by atoms with Crippen molar-refractivity contribution in [2.45, 2.75) is 13.3 Å². The summed E-state index contributed by atoms with van der Waals surface area (Å²) >= 11 is 0. The smallest absolute Gasteiger partial charge is 0.319 e. The third-order valence-corrected chi connectivity index (χ3v) is 4.20. The molecule has 0 spiro atoms. The Morgan fingerprint density at radius 1 is 1.11 bits per heavy atom. The molecule has 0 saturated heterocycles. The molecule has 0 aliphatic rings. The zero-order valence-electron chi connectivity index (χ0n) is 15.6. The molecular weight excluding hydrogens is 340 g/mol. The number of rotatable bonds is 7. The summed E-state index contributed by atoms with van der Waals surface area (Å²) in [7, 11) is 1.93. The maximum atomic E-state index is 12.1. The molecule has 2 amide bonds. The first kappa shape index (κ1) is 18.5. The minimum absolute atomic E-state index is 0.242. The second-order valence-electron chi connectivity index (χ2n) is 6.10. The highest BCUT2D eigenvalue weighted by Crippen LogP contribution is 2.23. The molecule has 0 unspecified atom stereocenters. The fourth-order valence-electron chi connectivity index (χ4n) is 2.84. The van der Waals surface area contributed by atoms with Crippen LogP contribution in [0.15, 0.2) is 60.8 Å². The summed E-state index contributed by atoms with van der Waals surface area (Å²) in [6.45, 7) is 3.01. The van der Waals surface area contributed by atoms with Crippen molar-refractivity contribution in [1.82, 2.24) is 15.1 Å². The Balaban J connectivity index is 1.50. The van der Waals surface area contributed by atoms with Crippen LogP contribution >= 0.6 is 0 Å². The molecular formula is C21H24N4O2. The van der Waals surface area contributed by atoms with Crippen LogP contribution in [-0.4, -0.2) is 29.0 Å². The molecule has 0 atom stereocenters. The van der Waals surface area contributed by atoms with E-state index < -0.39 is 0 Å². The number of nitrogens with zero attached hydrogens (tertiary/aromatic N) is 2. The Morgan fingerprint density at radius 2 is 1.89 bits per heavy atom. The summed E-state index contributed by atoms with van der Waals surface area (Å²) in [5.74, 6) is 0.668. The number of carbonyl (C=O) groups excluding carboxylic acids is 1. The monoisotopic (exact) mass is 364 g/mol. The minimum Gasteiger partial charge on any atom is -0.492 e. The third-order valence-electron chi connectivity index (χ3n) is 4.20. The van der Waals surface area contributed by atoms with Gasteiger partial charge in [-0.25, -0.2) is 4.79 Å². The van der Waals surface area contributed by atoms with Gasteiger partial charge < -0.3 is 15.4 Å². The van der Waals surface area contributed by atoms with E-state index in [0.29, 0.717) is 24.6 Å². The van der Waals surface area contributed by atoms with Crippen LogP contribution in [0, 0.1) is 0 Å². The number of aryl methyl sites for hydroxylation is 1. The van der Waals surface area contributed by atoms with Gasteiger partial charge >= 0.3 is 6.03 Å². The quantitative estimate of drug-likeness (QED) is 0.669. The second-order valence-corrected chi connectivity index (χ2v) is 6.10. The Bertz CT molecular complexity index is 887. The number of carbonyl (C=O) groups is 1. The predicted molar refractivity (Wildman–Crippen MR) is 107 cm³/mol. The second kappa shape index (κ2) is 8.89.